The standard InChI is InChI=1S/C15H21N3O3S.ClH/c19-15(17-13-3-1-8-16-11-13)12-4-6-14(7-5-12)18-9-2-10-22(18,20)21;/h4-7,13,16H,1-3,8-11H2,(H,17,19);1H/t13-;/m0./s1. The molecule has 1 aromatic carbocycles. The summed E-state index contributed by atoms with van der Waals surface area (Å²) in [6.07, 6.45) is 2.71. The number of carbonyl (C=O) groups excluding carboxylic acids is 1. The van der Waals surface area contributed by atoms with Crippen LogP contribution in [0.5, 0.6) is 0 Å². The van der Waals surface area contributed by atoms with Crippen molar-refractivity contribution in [3.05, 3.63) is 29.8 Å². The Morgan fingerprint density at radius 3 is 2.52 bits per heavy atom. The summed E-state index contributed by atoms with van der Waals surface area (Å²) in [5.41, 5.74) is 1.19. The van der Waals surface area contributed by atoms with Crippen molar-refractivity contribution < 1.29 is 13.2 Å². The monoisotopic (exact) mass is 359 g/mol. The van der Waals surface area contributed by atoms with E-state index < -0.39 is 10.0 Å². The van der Waals surface area contributed by atoms with Crippen LogP contribution in [0.25, 0.3) is 0 Å². The maximum atomic E-state index is 12.2. The number of anilines is 1. The van der Waals surface area contributed by atoms with Crippen LogP contribution < -0.4 is 14.9 Å². The smallest absolute Gasteiger partial charge is 0.251 e. The zero-order valence-corrected chi connectivity index (χ0v) is 14.5. The molecule has 128 valence electrons. The molecule has 2 saturated heterocycles. The summed E-state index contributed by atoms with van der Waals surface area (Å²) in [4.78, 5) is 12.2. The van der Waals surface area contributed by atoms with Gasteiger partial charge >= 0.3 is 0 Å². The van der Waals surface area contributed by atoms with Gasteiger partial charge in [0.1, 0.15) is 0 Å². The SMILES string of the molecule is Cl.O=C(N[C@H]1CCCNC1)c1ccc(N2CCCS2(=O)=O)cc1. The Hall–Kier alpha value is -1.31. The molecule has 0 spiro atoms. The Morgan fingerprint density at radius 1 is 1.22 bits per heavy atom. The van der Waals surface area contributed by atoms with Gasteiger partial charge in [-0.15, -0.1) is 12.4 Å². The van der Waals surface area contributed by atoms with Gasteiger partial charge in [-0.05, 0) is 50.1 Å². The second-order valence-electron chi connectivity index (χ2n) is 5.81. The summed E-state index contributed by atoms with van der Waals surface area (Å²) in [5, 5.41) is 6.27. The van der Waals surface area contributed by atoms with E-state index in [2.05, 4.69) is 10.6 Å². The molecule has 1 atom stereocenters. The molecule has 0 radical (unpaired) electrons. The van der Waals surface area contributed by atoms with Crippen molar-refractivity contribution in [3.63, 3.8) is 0 Å². The maximum Gasteiger partial charge on any atom is 0.251 e. The van der Waals surface area contributed by atoms with Gasteiger partial charge in [-0.1, -0.05) is 0 Å². The van der Waals surface area contributed by atoms with Gasteiger partial charge < -0.3 is 10.6 Å². The summed E-state index contributed by atoms with van der Waals surface area (Å²) in [6.45, 7) is 2.32. The van der Waals surface area contributed by atoms with E-state index in [0.717, 1.165) is 25.9 Å². The molecule has 0 aliphatic carbocycles. The van der Waals surface area contributed by atoms with Crippen LogP contribution in [-0.2, 0) is 10.0 Å². The minimum atomic E-state index is -3.17. The second kappa shape index (κ2) is 7.51. The third-order valence-electron chi connectivity index (χ3n) is 4.15. The number of nitrogens with one attached hydrogen (secondary N) is 2. The fraction of sp³-hybridized carbons (Fsp3) is 0.533. The summed E-state index contributed by atoms with van der Waals surface area (Å²) in [5.74, 6) is 0.0914. The van der Waals surface area contributed by atoms with Crippen LogP contribution in [0.1, 0.15) is 29.6 Å². The largest absolute Gasteiger partial charge is 0.348 e. The van der Waals surface area contributed by atoms with E-state index in [1.54, 1.807) is 24.3 Å². The first-order chi connectivity index (χ1) is 10.6. The van der Waals surface area contributed by atoms with Crippen molar-refractivity contribution in [2.24, 2.45) is 0 Å². The van der Waals surface area contributed by atoms with Gasteiger partial charge in [0, 0.05) is 24.7 Å². The summed E-state index contributed by atoms with van der Waals surface area (Å²) >= 11 is 0. The topological polar surface area (TPSA) is 78.5 Å². The molecular weight excluding hydrogens is 338 g/mol. The molecule has 0 saturated carbocycles. The number of carbonyl (C=O) groups is 1. The number of nitrogens with zero attached hydrogens (tertiary/aromatic N) is 1. The summed E-state index contributed by atoms with van der Waals surface area (Å²) < 4.78 is 25.2. The van der Waals surface area contributed by atoms with Crippen LogP contribution in [0, 0.1) is 0 Å². The van der Waals surface area contributed by atoms with Crippen molar-refractivity contribution in [1.29, 1.82) is 0 Å². The van der Waals surface area contributed by atoms with Gasteiger partial charge in [-0.3, -0.25) is 9.10 Å². The lowest BCUT2D eigenvalue weighted by atomic mass is 10.1. The molecule has 0 bridgehead atoms. The first-order valence-electron chi connectivity index (χ1n) is 7.68. The highest BCUT2D eigenvalue weighted by Crippen LogP contribution is 2.24. The quantitative estimate of drug-likeness (QED) is 0.848. The Labute approximate surface area is 143 Å². The number of hydrogen-bond acceptors (Lipinski definition) is 4. The van der Waals surface area contributed by atoms with Gasteiger partial charge in [-0.25, -0.2) is 8.42 Å². The molecule has 2 N–H and O–H groups in total. The predicted molar refractivity (Wildman–Crippen MR) is 92.8 cm³/mol. The van der Waals surface area contributed by atoms with E-state index in [1.165, 1.54) is 4.31 Å². The maximum absolute atomic E-state index is 12.2. The van der Waals surface area contributed by atoms with Crippen LogP contribution in [0.2, 0.25) is 0 Å². The summed E-state index contributed by atoms with van der Waals surface area (Å²) in [7, 11) is -3.17. The highest BCUT2D eigenvalue weighted by atomic mass is 35.5. The van der Waals surface area contributed by atoms with Crippen LogP contribution in [0.15, 0.2) is 24.3 Å². The van der Waals surface area contributed by atoms with Crippen molar-refractivity contribution >= 4 is 34.0 Å². The molecule has 8 heteroatoms. The molecule has 0 unspecified atom stereocenters. The molecule has 2 aliphatic heterocycles. The van der Waals surface area contributed by atoms with Gasteiger partial charge in [0.05, 0.1) is 11.4 Å². The minimum absolute atomic E-state index is 0. The van der Waals surface area contributed by atoms with Gasteiger partial charge in [0.15, 0.2) is 0 Å². The first-order valence-corrected chi connectivity index (χ1v) is 9.29. The number of benzene rings is 1. The number of amides is 1. The molecule has 2 heterocycles. The third kappa shape index (κ3) is 4.16. The molecule has 2 fully saturated rings. The number of sulfonamides is 1. The molecule has 2 aliphatic rings. The molecule has 1 aromatic rings. The molecule has 0 aromatic heterocycles. The van der Waals surface area contributed by atoms with E-state index >= 15 is 0 Å². The average molecular weight is 360 g/mol. The summed E-state index contributed by atoms with van der Waals surface area (Å²) in [6, 6.07) is 6.96. The molecule has 23 heavy (non-hydrogen) atoms. The van der Waals surface area contributed by atoms with Crippen molar-refractivity contribution in [3.8, 4) is 0 Å². The number of hydrogen-bond donors (Lipinski definition) is 2. The first kappa shape index (κ1) is 18.0. The predicted octanol–water partition coefficient (Wildman–Crippen LogP) is 1.13. The van der Waals surface area contributed by atoms with Crippen LogP contribution in [-0.4, -0.2) is 45.8 Å². The van der Waals surface area contributed by atoms with E-state index in [1.807, 2.05) is 0 Å². The van der Waals surface area contributed by atoms with E-state index in [-0.39, 0.29) is 30.1 Å². The van der Waals surface area contributed by atoms with Crippen LogP contribution in [0.3, 0.4) is 0 Å². The zero-order valence-electron chi connectivity index (χ0n) is 12.8. The average Bonchev–Trinajstić information content (AvgIpc) is 2.88. The zero-order chi connectivity index (χ0) is 15.6. The van der Waals surface area contributed by atoms with Gasteiger partial charge in [0.2, 0.25) is 10.0 Å². The van der Waals surface area contributed by atoms with E-state index in [0.29, 0.717) is 24.2 Å². The highest BCUT2D eigenvalue weighted by Gasteiger charge is 2.28. The highest BCUT2D eigenvalue weighted by molar-refractivity contribution is 7.93. The van der Waals surface area contributed by atoms with Crippen molar-refractivity contribution in [2.45, 2.75) is 25.3 Å². The Kier molecular flexibility index (Phi) is 5.89. The lowest BCUT2D eigenvalue weighted by Gasteiger charge is -2.24. The van der Waals surface area contributed by atoms with Crippen molar-refractivity contribution in [1.82, 2.24) is 10.6 Å². The molecule has 3 rings (SSSR count). The third-order valence-corrected chi connectivity index (χ3v) is 6.02. The number of piperidine rings is 1. The number of halogens is 1. The Morgan fingerprint density at radius 2 is 1.96 bits per heavy atom. The van der Waals surface area contributed by atoms with E-state index in [4.69, 9.17) is 0 Å². The number of rotatable bonds is 3. The van der Waals surface area contributed by atoms with Crippen LogP contribution >= 0.6 is 12.4 Å². The van der Waals surface area contributed by atoms with Crippen molar-refractivity contribution in [2.75, 3.05) is 29.7 Å². The fourth-order valence-electron chi connectivity index (χ4n) is 2.95. The lowest BCUT2D eigenvalue weighted by molar-refractivity contribution is 0.0930. The fourth-order valence-corrected chi connectivity index (χ4v) is 4.52. The Bertz CT molecular complexity index is 642. The lowest BCUT2D eigenvalue weighted by Crippen LogP contribution is -2.45. The normalized spacial score (nSPS) is 23.1. The molecular formula is C15H22ClN3O3S. The van der Waals surface area contributed by atoms with E-state index in [9.17, 15) is 13.2 Å². The Balaban J connectivity index is 0.00000192. The van der Waals surface area contributed by atoms with Crippen LogP contribution in [0.4, 0.5) is 5.69 Å². The molecule has 6 nitrogen and oxygen atoms in total. The second-order valence-corrected chi connectivity index (χ2v) is 7.82. The minimum Gasteiger partial charge on any atom is -0.348 e. The molecule has 1 amide bonds. The van der Waals surface area contributed by atoms with Gasteiger partial charge in [-0.2, -0.15) is 0 Å². The van der Waals surface area contributed by atoms with Gasteiger partial charge in [0.25, 0.3) is 5.91 Å².